The van der Waals surface area contributed by atoms with Crippen molar-refractivity contribution in [3.05, 3.63) is 17.0 Å². The largest absolute Gasteiger partial charge is 0.369 e. The lowest BCUT2D eigenvalue weighted by Gasteiger charge is -2.04. The van der Waals surface area contributed by atoms with E-state index in [2.05, 4.69) is 31.2 Å². The third kappa shape index (κ3) is 1.94. The zero-order valence-electron chi connectivity index (χ0n) is 6.63. The highest BCUT2D eigenvalue weighted by molar-refractivity contribution is 9.10. The van der Waals surface area contributed by atoms with E-state index < -0.39 is 0 Å². The molecule has 1 N–H and O–H groups in total. The van der Waals surface area contributed by atoms with Gasteiger partial charge in [-0.15, -0.1) is 0 Å². The second kappa shape index (κ2) is 3.39. The van der Waals surface area contributed by atoms with Crippen LogP contribution in [0.15, 0.2) is 17.0 Å². The molecule has 1 aliphatic carbocycles. The summed E-state index contributed by atoms with van der Waals surface area (Å²) in [5, 5.41) is 3.28. The maximum atomic E-state index is 4.11. The van der Waals surface area contributed by atoms with Crippen LogP contribution in [-0.4, -0.2) is 16.5 Å². The van der Waals surface area contributed by atoms with Crippen LogP contribution >= 0.6 is 15.9 Å². The number of rotatable bonds is 3. The molecule has 4 heteroatoms. The number of anilines is 1. The molecule has 0 radical (unpaired) electrons. The van der Waals surface area contributed by atoms with Gasteiger partial charge in [-0.05, 0) is 34.7 Å². The zero-order valence-corrected chi connectivity index (χ0v) is 8.21. The van der Waals surface area contributed by atoms with Crippen molar-refractivity contribution in [2.45, 2.75) is 12.8 Å². The van der Waals surface area contributed by atoms with Crippen molar-refractivity contribution >= 4 is 21.7 Å². The maximum absolute atomic E-state index is 4.11. The number of hydrogen-bond donors (Lipinski definition) is 1. The van der Waals surface area contributed by atoms with Crippen LogP contribution in [0.3, 0.4) is 0 Å². The predicted octanol–water partition coefficient (Wildman–Crippen LogP) is 2.06. The molecule has 0 aliphatic heterocycles. The standard InChI is InChI=1S/C8H10BrN3/c9-7-4-10-5-12-8(7)11-3-6-1-2-6/h4-6H,1-3H2,(H,10,11,12). The number of nitrogens with zero attached hydrogens (tertiary/aromatic N) is 2. The van der Waals surface area contributed by atoms with E-state index in [-0.39, 0.29) is 0 Å². The molecular formula is C8H10BrN3. The minimum absolute atomic E-state index is 0.867. The predicted molar refractivity (Wildman–Crippen MR) is 50.9 cm³/mol. The third-order valence-corrected chi connectivity index (χ3v) is 2.50. The Hall–Kier alpha value is -0.640. The highest BCUT2D eigenvalue weighted by Crippen LogP contribution is 2.29. The minimum atomic E-state index is 0.867. The molecule has 0 amide bonds. The van der Waals surface area contributed by atoms with Crippen molar-refractivity contribution in [2.24, 2.45) is 5.92 Å². The molecule has 0 saturated heterocycles. The van der Waals surface area contributed by atoms with Crippen LogP contribution in [0.5, 0.6) is 0 Å². The number of halogens is 1. The molecule has 2 rings (SSSR count). The first-order valence-corrected chi connectivity index (χ1v) is 4.85. The number of aromatic nitrogens is 2. The normalized spacial score (nSPS) is 16.1. The van der Waals surface area contributed by atoms with Crippen molar-refractivity contribution < 1.29 is 0 Å². The fourth-order valence-corrected chi connectivity index (χ4v) is 1.37. The SMILES string of the molecule is Brc1cncnc1NCC1CC1. The average molecular weight is 228 g/mol. The topological polar surface area (TPSA) is 37.8 Å². The van der Waals surface area contributed by atoms with Crippen molar-refractivity contribution in [3.63, 3.8) is 0 Å². The molecule has 64 valence electrons. The summed E-state index contributed by atoms with van der Waals surface area (Å²) in [6.07, 6.45) is 6.02. The number of nitrogens with one attached hydrogen (secondary N) is 1. The van der Waals surface area contributed by atoms with Gasteiger partial charge >= 0.3 is 0 Å². The van der Waals surface area contributed by atoms with Crippen LogP contribution in [0.25, 0.3) is 0 Å². The Morgan fingerprint density at radius 1 is 1.58 bits per heavy atom. The van der Waals surface area contributed by atoms with E-state index >= 15 is 0 Å². The van der Waals surface area contributed by atoms with Gasteiger partial charge in [-0.25, -0.2) is 9.97 Å². The van der Waals surface area contributed by atoms with Gasteiger partial charge in [0.1, 0.15) is 12.1 Å². The molecule has 1 fully saturated rings. The lowest BCUT2D eigenvalue weighted by Crippen LogP contribution is -2.05. The fraction of sp³-hybridized carbons (Fsp3) is 0.500. The summed E-state index contributed by atoms with van der Waals surface area (Å²) in [7, 11) is 0. The highest BCUT2D eigenvalue weighted by Gasteiger charge is 2.20. The van der Waals surface area contributed by atoms with E-state index in [0.29, 0.717) is 0 Å². The zero-order chi connectivity index (χ0) is 8.39. The summed E-state index contributed by atoms with van der Waals surface area (Å²) in [5.74, 6) is 1.77. The Kier molecular flexibility index (Phi) is 2.26. The van der Waals surface area contributed by atoms with E-state index in [1.54, 1.807) is 12.5 Å². The molecule has 0 unspecified atom stereocenters. The van der Waals surface area contributed by atoms with Gasteiger partial charge in [0.05, 0.1) is 4.47 Å². The molecule has 1 aromatic heterocycles. The Balaban J connectivity index is 1.96. The summed E-state index contributed by atoms with van der Waals surface area (Å²) in [5.41, 5.74) is 0. The molecule has 0 atom stereocenters. The van der Waals surface area contributed by atoms with Gasteiger partial charge < -0.3 is 5.32 Å². The van der Waals surface area contributed by atoms with Gasteiger partial charge in [0.2, 0.25) is 0 Å². The quantitative estimate of drug-likeness (QED) is 0.860. The van der Waals surface area contributed by atoms with E-state index in [4.69, 9.17) is 0 Å². The lowest BCUT2D eigenvalue weighted by atomic mass is 10.4. The Bertz CT molecular complexity index is 273. The molecule has 0 spiro atoms. The van der Waals surface area contributed by atoms with Gasteiger partial charge in [0.25, 0.3) is 0 Å². The van der Waals surface area contributed by atoms with E-state index in [9.17, 15) is 0 Å². The molecule has 1 saturated carbocycles. The van der Waals surface area contributed by atoms with Crippen LogP contribution in [0.2, 0.25) is 0 Å². The maximum Gasteiger partial charge on any atom is 0.143 e. The third-order valence-electron chi connectivity index (χ3n) is 1.92. The molecule has 0 bridgehead atoms. The lowest BCUT2D eigenvalue weighted by molar-refractivity contribution is 0.879. The van der Waals surface area contributed by atoms with Gasteiger partial charge in [-0.1, -0.05) is 0 Å². The van der Waals surface area contributed by atoms with Gasteiger partial charge in [-0.2, -0.15) is 0 Å². The van der Waals surface area contributed by atoms with Gasteiger partial charge in [0.15, 0.2) is 0 Å². The first-order valence-electron chi connectivity index (χ1n) is 4.05. The minimum Gasteiger partial charge on any atom is -0.369 e. The smallest absolute Gasteiger partial charge is 0.143 e. The van der Waals surface area contributed by atoms with E-state index in [0.717, 1.165) is 22.8 Å². The highest BCUT2D eigenvalue weighted by atomic mass is 79.9. The van der Waals surface area contributed by atoms with Crippen LogP contribution in [0.1, 0.15) is 12.8 Å². The molecule has 1 aromatic rings. The average Bonchev–Trinajstić information content (AvgIpc) is 2.86. The van der Waals surface area contributed by atoms with Crippen molar-refractivity contribution in [1.29, 1.82) is 0 Å². The van der Waals surface area contributed by atoms with Crippen molar-refractivity contribution in [2.75, 3.05) is 11.9 Å². The molecule has 1 aliphatic rings. The number of hydrogen-bond acceptors (Lipinski definition) is 3. The summed E-state index contributed by atoms with van der Waals surface area (Å²) < 4.78 is 0.936. The molecule has 1 heterocycles. The first-order chi connectivity index (χ1) is 5.86. The van der Waals surface area contributed by atoms with Crippen LogP contribution in [-0.2, 0) is 0 Å². The van der Waals surface area contributed by atoms with Gasteiger partial charge in [0, 0.05) is 12.7 Å². The first kappa shape index (κ1) is 7.98. The van der Waals surface area contributed by atoms with E-state index in [1.807, 2.05) is 0 Å². The Morgan fingerprint density at radius 3 is 3.08 bits per heavy atom. The summed E-state index contributed by atoms with van der Waals surface area (Å²) in [6.45, 7) is 1.04. The molecule has 12 heavy (non-hydrogen) atoms. The summed E-state index contributed by atoms with van der Waals surface area (Å²) in [6, 6.07) is 0. The molecule has 0 aromatic carbocycles. The van der Waals surface area contributed by atoms with E-state index in [1.165, 1.54) is 12.8 Å². The Labute approximate surface area is 79.7 Å². The fourth-order valence-electron chi connectivity index (χ4n) is 1.01. The summed E-state index contributed by atoms with van der Waals surface area (Å²) in [4.78, 5) is 8.00. The summed E-state index contributed by atoms with van der Waals surface area (Å²) >= 11 is 3.38. The monoisotopic (exact) mass is 227 g/mol. The Morgan fingerprint density at radius 2 is 2.42 bits per heavy atom. The van der Waals surface area contributed by atoms with Crippen LogP contribution in [0, 0.1) is 5.92 Å². The van der Waals surface area contributed by atoms with Crippen molar-refractivity contribution in [3.8, 4) is 0 Å². The van der Waals surface area contributed by atoms with Gasteiger partial charge in [-0.3, -0.25) is 0 Å². The second-order valence-corrected chi connectivity index (χ2v) is 3.90. The van der Waals surface area contributed by atoms with Crippen LogP contribution in [0.4, 0.5) is 5.82 Å². The molecule has 3 nitrogen and oxygen atoms in total. The van der Waals surface area contributed by atoms with Crippen molar-refractivity contribution in [1.82, 2.24) is 9.97 Å². The van der Waals surface area contributed by atoms with Crippen LogP contribution < -0.4 is 5.32 Å². The molecular weight excluding hydrogens is 218 g/mol. The second-order valence-electron chi connectivity index (χ2n) is 3.04.